The molecule has 0 unspecified atom stereocenters. The van der Waals surface area contributed by atoms with Crippen molar-refractivity contribution in [1.29, 1.82) is 0 Å². The lowest BCUT2D eigenvalue weighted by Gasteiger charge is -2.06. The maximum Gasteiger partial charge on any atom is 0.133 e. The third-order valence-corrected chi connectivity index (χ3v) is 3.31. The van der Waals surface area contributed by atoms with Crippen molar-refractivity contribution in [1.82, 2.24) is 20.1 Å². The minimum atomic E-state index is 0.262. The van der Waals surface area contributed by atoms with E-state index in [1.807, 2.05) is 23.7 Å². The van der Waals surface area contributed by atoms with Gasteiger partial charge < -0.3 is 15.0 Å². The highest BCUT2D eigenvalue weighted by atomic mass is 79.9. The van der Waals surface area contributed by atoms with Gasteiger partial charge in [0.1, 0.15) is 17.9 Å². The van der Waals surface area contributed by atoms with Crippen molar-refractivity contribution < 1.29 is 5.11 Å². The second-order valence-corrected chi connectivity index (χ2v) is 4.92. The van der Waals surface area contributed by atoms with Gasteiger partial charge in [-0.2, -0.15) is 0 Å². The van der Waals surface area contributed by atoms with Crippen molar-refractivity contribution in [3.05, 3.63) is 40.4 Å². The summed E-state index contributed by atoms with van der Waals surface area (Å²) >= 11 is 3.30. The van der Waals surface area contributed by atoms with E-state index in [1.54, 1.807) is 12.4 Å². The average molecular weight is 311 g/mol. The molecule has 0 aliphatic rings. The molecule has 0 fully saturated rings. The monoisotopic (exact) mass is 310 g/mol. The summed E-state index contributed by atoms with van der Waals surface area (Å²) in [6.45, 7) is 1.60. The Morgan fingerprint density at radius 3 is 2.94 bits per heavy atom. The molecule has 0 aliphatic carbocycles. The fourth-order valence-electron chi connectivity index (χ4n) is 1.63. The standard InChI is InChI=1S/C12H15BrN4O/c1-17-8-15-16-12(17)4-5-14-7-9-2-3-11(18)10(13)6-9/h2-3,6,8,14,18H,4-5,7H2,1H3. The van der Waals surface area contributed by atoms with Crippen molar-refractivity contribution >= 4 is 15.9 Å². The number of benzene rings is 1. The van der Waals surface area contributed by atoms with Crippen LogP contribution >= 0.6 is 15.9 Å². The lowest BCUT2D eigenvalue weighted by molar-refractivity contribution is 0.471. The van der Waals surface area contributed by atoms with Crippen molar-refractivity contribution in [2.75, 3.05) is 6.54 Å². The molecule has 0 spiro atoms. The van der Waals surface area contributed by atoms with Gasteiger partial charge >= 0.3 is 0 Å². The van der Waals surface area contributed by atoms with Gasteiger partial charge in [-0.25, -0.2) is 0 Å². The molecule has 2 rings (SSSR count). The smallest absolute Gasteiger partial charge is 0.133 e. The molecule has 0 radical (unpaired) electrons. The summed E-state index contributed by atoms with van der Waals surface area (Å²) in [4.78, 5) is 0. The molecular formula is C12H15BrN4O. The average Bonchev–Trinajstić information content (AvgIpc) is 2.75. The quantitative estimate of drug-likeness (QED) is 0.824. The van der Waals surface area contributed by atoms with Crippen LogP contribution in [0.5, 0.6) is 5.75 Å². The first-order valence-electron chi connectivity index (χ1n) is 5.68. The molecule has 0 aliphatic heterocycles. The number of aryl methyl sites for hydroxylation is 1. The fourth-order valence-corrected chi connectivity index (χ4v) is 2.05. The number of nitrogens with zero attached hydrogens (tertiary/aromatic N) is 3. The Morgan fingerprint density at radius 1 is 1.44 bits per heavy atom. The minimum Gasteiger partial charge on any atom is -0.507 e. The van der Waals surface area contributed by atoms with Gasteiger partial charge in [-0.05, 0) is 33.6 Å². The molecule has 1 aromatic heterocycles. The van der Waals surface area contributed by atoms with Crippen LogP contribution in [0.3, 0.4) is 0 Å². The number of rotatable bonds is 5. The van der Waals surface area contributed by atoms with Gasteiger partial charge in [-0.3, -0.25) is 0 Å². The van der Waals surface area contributed by atoms with E-state index in [0.29, 0.717) is 0 Å². The zero-order valence-electron chi connectivity index (χ0n) is 10.1. The zero-order valence-corrected chi connectivity index (χ0v) is 11.7. The van der Waals surface area contributed by atoms with E-state index < -0.39 is 0 Å². The molecule has 1 aromatic carbocycles. The molecule has 18 heavy (non-hydrogen) atoms. The predicted octanol–water partition coefficient (Wildman–Crippen LogP) is 1.62. The van der Waals surface area contributed by atoms with Crippen LogP contribution in [-0.4, -0.2) is 26.4 Å². The van der Waals surface area contributed by atoms with E-state index >= 15 is 0 Å². The normalized spacial score (nSPS) is 10.8. The first-order chi connectivity index (χ1) is 8.66. The van der Waals surface area contributed by atoms with Crippen molar-refractivity contribution in [3.8, 4) is 5.75 Å². The van der Waals surface area contributed by atoms with Gasteiger partial charge in [0.05, 0.1) is 4.47 Å². The Labute approximate surface area is 114 Å². The number of hydrogen-bond acceptors (Lipinski definition) is 4. The molecule has 5 nitrogen and oxygen atoms in total. The van der Waals surface area contributed by atoms with E-state index in [1.165, 1.54) is 0 Å². The van der Waals surface area contributed by atoms with E-state index in [-0.39, 0.29) is 5.75 Å². The van der Waals surface area contributed by atoms with Crippen molar-refractivity contribution in [3.63, 3.8) is 0 Å². The molecule has 0 bridgehead atoms. The van der Waals surface area contributed by atoms with Crippen LogP contribution < -0.4 is 5.32 Å². The van der Waals surface area contributed by atoms with Gasteiger partial charge in [0.25, 0.3) is 0 Å². The number of aromatic hydroxyl groups is 1. The van der Waals surface area contributed by atoms with E-state index in [4.69, 9.17) is 0 Å². The van der Waals surface area contributed by atoms with Crippen molar-refractivity contribution in [2.45, 2.75) is 13.0 Å². The largest absolute Gasteiger partial charge is 0.507 e. The molecule has 1 heterocycles. The first kappa shape index (κ1) is 13.0. The molecule has 96 valence electrons. The molecular weight excluding hydrogens is 296 g/mol. The highest BCUT2D eigenvalue weighted by molar-refractivity contribution is 9.10. The highest BCUT2D eigenvalue weighted by Crippen LogP contribution is 2.24. The van der Waals surface area contributed by atoms with Crippen LogP contribution in [0.2, 0.25) is 0 Å². The van der Waals surface area contributed by atoms with Gasteiger partial charge in [0, 0.05) is 26.6 Å². The Kier molecular flexibility index (Phi) is 4.33. The number of nitrogens with one attached hydrogen (secondary N) is 1. The summed E-state index contributed by atoms with van der Waals surface area (Å²) in [5, 5.41) is 20.6. The molecule has 0 amide bonds. The summed E-state index contributed by atoms with van der Waals surface area (Å²) in [7, 11) is 1.94. The molecule has 0 saturated heterocycles. The SMILES string of the molecule is Cn1cnnc1CCNCc1ccc(O)c(Br)c1. The number of aromatic nitrogens is 3. The van der Waals surface area contributed by atoms with E-state index in [0.717, 1.165) is 35.4 Å². The van der Waals surface area contributed by atoms with Crippen LogP contribution in [0.1, 0.15) is 11.4 Å². The third kappa shape index (κ3) is 3.30. The van der Waals surface area contributed by atoms with Gasteiger partial charge in [0.2, 0.25) is 0 Å². The first-order valence-corrected chi connectivity index (χ1v) is 6.47. The zero-order chi connectivity index (χ0) is 13.0. The van der Waals surface area contributed by atoms with Crippen LogP contribution in [0.15, 0.2) is 29.0 Å². The topological polar surface area (TPSA) is 63.0 Å². The second-order valence-electron chi connectivity index (χ2n) is 4.07. The van der Waals surface area contributed by atoms with E-state index in [9.17, 15) is 5.11 Å². The highest BCUT2D eigenvalue weighted by Gasteiger charge is 2.01. The van der Waals surface area contributed by atoms with Gasteiger partial charge in [0.15, 0.2) is 0 Å². The summed E-state index contributed by atoms with van der Waals surface area (Å²) < 4.78 is 2.63. The number of phenolic OH excluding ortho intramolecular Hbond substituents is 1. The van der Waals surface area contributed by atoms with E-state index in [2.05, 4.69) is 31.4 Å². The number of hydrogen-bond donors (Lipinski definition) is 2. The summed E-state index contributed by atoms with van der Waals surface area (Å²) in [5.74, 6) is 1.23. The van der Waals surface area contributed by atoms with Gasteiger partial charge in [-0.1, -0.05) is 6.07 Å². The van der Waals surface area contributed by atoms with Crippen LogP contribution in [0, 0.1) is 0 Å². The Morgan fingerprint density at radius 2 is 2.28 bits per heavy atom. The molecule has 2 aromatic rings. The second kappa shape index (κ2) is 5.97. The number of halogens is 1. The summed E-state index contributed by atoms with van der Waals surface area (Å²) in [6, 6.07) is 5.49. The van der Waals surface area contributed by atoms with Crippen molar-refractivity contribution in [2.24, 2.45) is 7.05 Å². The van der Waals surface area contributed by atoms with Crippen LogP contribution in [-0.2, 0) is 20.0 Å². The van der Waals surface area contributed by atoms with Gasteiger partial charge in [-0.15, -0.1) is 10.2 Å². The maximum atomic E-state index is 9.39. The van der Waals surface area contributed by atoms with Crippen LogP contribution in [0.4, 0.5) is 0 Å². The third-order valence-electron chi connectivity index (χ3n) is 2.67. The summed E-state index contributed by atoms with van der Waals surface area (Å²) in [6.07, 6.45) is 2.54. The molecule has 0 saturated carbocycles. The molecule has 0 atom stereocenters. The predicted molar refractivity (Wildman–Crippen MR) is 72.2 cm³/mol. The number of phenols is 1. The molecule has 2 N–H and O–H groups in total. The Hall–Kier alpha value is -1.40. The summed E-state index contributed by atoms with van der Waals surface area (Å²) in [5.41, 5.74) is 1.12. The Bertz CT molecular complexity index is 527. The lowest BCUT2D eigenvalue weighted by Crippen LogP contribution is -2.18. The lowest BCUT2D eigenvalue weighted by atomic mass is 10.2. The van der Waals surface area contributed by atoms with Crippen LogP contribution in [0.25, 0.3) is 0 Å². The fraction of sp³-hybridized carbons (Fsp3) is 0.333. The maximum absolute atomic E-state index is 9.39. The molecule has 6 heteroatoms. The Balaban J connectivity index is 1.78. The minimum absolute atomic E-state index is 0.262.